The SMILES string of the molecule is CNCC1CCN(S(=O)(=O)N(C)Cc2ccccn2)CC1. The molecule has 0 atom stereocenters. The lowest BCUT2D eigenvalue weighted by molar-refractivity contribution is 0.255. The highest BCUT2D eigenvalue weighted by molar-refractivity contribution is 7.86. The van der Waals surface area contributed by atoms with E-state index < -0.39 is 10.2 Å². The van der Waals surface area contributed by atoms with Crippen molar-refractivity contribution in [2.24, 2.45) is 5.92 Å². The summed E-state index contributed by atoms with van der Waals surface area (Å²) in [6.07, 6.45) is 3.51. The second kappa shape index (κ2) is 7.31. The molecule has 2 heterocycles. The van der Waals surface area contributed by atoms with Gasteiger partial charge in [0.15, 0.2) is 0 Å². The van der Waals surface area contributed by atoms with Crippen molar-refractivity contribution in [1.29, 1.82) is 0 Å². The fraction of sp³-hybridized carbons (Fsp3) is 0.643. The molecular formula is C14H24N4O2S. The van der Waals surface area contributed by atoms with Gasteiger partial charge in [0, 0.05) is 26.3 Å². The van der Waals surface area contributed by atoms with Crippen LogP contribution in [0.15, 0.2) is 24.4 Å². The lowest BCUT2D eigenvalue weighted by atomic mass is 9.98. The third kappa shape index (κ3) is 4.23. The largest absolute Gasteiger partial charge is 0.319 e. The van der Waals surface area contributed by atoms with Crippen LogP contribution in [0, 0.1) is 5.92 Å². The third-order valence-corrected chi connectivity index (χ3v) is 5.83. The lowest BCUT2D eigenvalue weighted by Crippen LogP contribution is -2.46. The Bertz CT molecular complexity index is 527. The van der Waals surface area contributed by atoms with Crippen molar-refractivity contribution in [3.05, 3.63) is 30.1 Å². The van der Waals surface area contributed by atoms with E-state index in [1.807, 2.05) is 25.2 Å². The van der Waals surface area contributed by atoms with E-state index >= 15 is 0 Å². The molecule has 1 aromatic rings. The van der Waals surface area contributed by atoms with E-state index in [9.17, 15) is 8.42 Å². The van der Waals surface area contributed by atoms with Gasteiger partial charge in [-0.15, -0.1) is 0 Å². The Morgan fingerprint density at radius 1 is 1.38 bits per heavy atom. The van der Waals surface area contributed by atoms with Crippen LogP contribution in [0.1, 0.15) is 18.5 Å². The average Bonchev–Trinajstić information content (AvgIpc) is 2.49. The molecule has 1 aliphatic rings. The molecule has 1 aliphatic heterocycles. The molecule has 7 heteroatoms. The Labute approximate surface area is 127 Å². The maximum atomic E-state index is 12.6. The van der Waals surface area contributed by atoms with Crippen LogP contribution in [0.2, 0.25) is 0 Å². The van der Waals surface area contributed by atoms with Gasteiger partial charge in [-0.3, -0.25) is 4.98 Å². The molecule has 2 rings (SSSR count). The highest BCUT2D eigenvalue weighted by Gasteiger charge is 2.30. The molecule has 0 aliphatic carbocycles. The van der Waals surface area contributed by atoms with Gasteiger partial charge in [-0.05, 0) is 44.5 Å². The highest BCUT2D eigenvalue weighted by Crippen LogP contribution is 2.21. The Balaban J connectivity index is 1.95. The molecular weight excluding hydrogens is 288 g/mol. The van der Waals surface area contributed by atoms with E-state index in [0.29, 0.717) is 25.6 Å². The van der Waals surface area contributed by atoms with Gasteiger partial charge in [0.25, 0.3) is 10.2 Å². The van der Waals surface area contributed by atoms with Gasteiger partial charge >= 0.3 is 0 Å². The fourth-order valence-corrected chi connectivity index (χ4v) is 3.99. The summed E-state index contributed by atoms with van der Waals surface area (Å²) in [5.74, 6) is 0.572. The Kier molecular flexibility index (Phi) is 5.69. The highest BCUT2D eigenvalue weighted by atomic mass is 32.2. The average molecular weight is 312 g/mol. The molecule has 1 aromatic heterocycles. The second-order valence-corrected chi connectivity index (χ2v) is 7.52. The Hall–Kier alpha value is -1.02. The Morgan fingerprint density at radius 3 is 2.67 bits per heavy atom. The van der Waals surface area contributed by atoms with Crippen LogP contribution < -0.4 is 5.32 Å². The van der Waals surface area contributed by atoms with Crippen molar-refractivity contribution in [3.63, 3.8) is 0 Å². The number of hydrogen-bond donors (Lipinski definition) is 1. The number of rotatable bonds is 6. The molecule has 1 fully saturated rings. The van der Waals surface area contributed by atoms with Gasteiger partial charge in [-0.25, -0.2) is 0 Å². The first-order chi connectivity index (χ1) is 10.0. The monoisotopic (exact) mass is 312 g/mol. The maximum Gasteiger partial charge on any atom is 0.282 e. The minimum Gasteiger partial charge on any atom is -0.319 e. The Morgan fingerprint density at radius 2 is 2.10 bits per heavy atom. The van der Waals surface area contributed by atoms with Gasteiger partial charge in [-0.2, -0.15) is 17.0 Å². The van der Waals surface area contributed by atoms with E-state index in [1.54, 1.807) is 17.5 Å². The van der Waals surface area contributed by atoms with Gasteiger partial charge in [-0.1, -0.05) is 6.07 Å². The summed E-state index contributed by atoms with van der Waals surface area (Å²) in [6, 6.07) is 5.53. The summed E-state index contributed by atoms with van der Waals surface area (Å²) in [5, 5.41) is 3.16. The quantitative estimate of drug-likeness (QED) is 0.839. The fourth-order valence-electron chi connectivity index (χ4n) is 2.63. The maximum absolute atomic E-state index is 12.6. The third-order valence-electron chi connectivity index (χ3n) is 3.90. The van der Waals surface area contributed by atoms with Gasteiger partial charge in [0.05, 0.1) is 12.2 Å². The van der Waals surface area contributed by atoms with Gasteiger partial charge < -0.3 is 5.32 Å². The van der Waals surface area contributed by atoms with Crippen LogP contribution in [-0.4, -0.2) is 55.7 Å². The molecule has 21 heavy (non-hydrogen) atoms. The van der Waals surface area contributed by atoms with Crippen molar-refractivity contribution >= 4 is 10.2 Å². The predicted octanol–water partition coefficient (Wildman–Crippen LogP) is 0.690. The summed E-state index contributed by atoms with van der Waals surface area (Å²) in [6.45, 7) is 2.46. The van der Waals surface area contributed by atoms with Crippen molar-refractivity contribution in [3.8, 4) is 0 Å². The zero-order valence-electron chi connectivity index (χ0n) is 12.7. The van der Waals surface area contributed by atoms with Crippen LogP contribution in [-0.2, 0) is 16.8 Å². The van der Waals surface area contributed by atoms with Crippen LogP contribution in [0.25, 0.3) is 0 Å². The van der Waals surface area contributed by atoms with E-state index in [-0.39, 0.29) is 0 Å². The first-order valence-corrected chi connectivity index (χ1v) is 8.69. The molecule has 0 radical (unpaired) electrons. The van der Waals surface area contributed by atoms with Gasteiger partial charge in [0.2, 0.25) is 0 Å². The molecule has 6 nitrogen and oxygen atoms in total. The first kappa shape index (κ1) is 16.4. The molecule has 0 bridgehead atoms. The van der Waals surface area contributed by atoms with Crippen molar-refractivity contribution in [2.75, 3.05) is 33.7 Å². The molecule has 118 valence electrons. The number of hydrogen-bond acceptors (Lipinski definition) is 4. The predicted molar refractivity (Wildman–Crippen MR) is 82.8 cm³/mol. The minimum atomic E-state index is -3.39. The van der Waals surface area contributed by atoms with Gasteiger partial charge in [0.1, 0.15) is 0 Å². The summed E-state index contributed by atoms with van der Waals surface area (Å²) in [5.41, 5.74) is 0.758. The smallest absolute Gasteiger partial charge is 0.282 e. The van der Waals surface area contributed by atoms with Crippen LogP contribution in [0.4, 0.5) is 0 Å². The van der Waals surface area contributed by atoms with E-state index in [0.717, 1.165) is 25.1 Å². The minimum absolute atomic E-state index is 0.305. The number of nitrogens with one attached hydrogen (secondary N) is 1. The molecule has 1 N–H and O–H groups in total. The zero-order valence-corrected chi connectivity index (χ0v) is 13.5. The standard InChI is InChI=1S/C14H24N4O2S/c1-15-11-13-6-9-18(10-7-13)21(19,20)17(2)12-14-5-3-4-8-16-14/h3-5,8,13,15H,6-7,9-12H2,1-2H3. The number of piperidine rings is 1. The molecule has 0 spiro atoms. The van der Waals surface area contributed by atoms with Crippen molar-refractivity contribution in [1.82, 2.24) is 18.9 Å². The summed E-state index contributed by atoms with van der Waals surface area (Å²) in [4.78, 5) is 4.18. The van der Waals surface area contributed by atoms with E-state index in [4.69, 9.17) is 0 Å². The van der Waals surface area contributed by atoms with Crippen LogP contribution in [0.5, 0.6) is 0 Å². The molecule has 0 saturated carbocycles. The van der Waals surface area contributed by atoms with Crippen LogP contribution in [0.3, 0.4) is 0 Å². The second-order valence-electron chi connectivity index (χ2n) is 5.48. The number of aromatic nitrogens is 1. The first-order valence-electron chi connectivity index (χ1n) is 7.30. The topological polar surface area (TPSA) is 65.5 Å². The zero-order chi connectivity index (χ0) is 15.3. The normalized spacial score (nSPS) is 18.2. The lowest BCUT2D eigenvalue weighted by Gasteiger charge is -2.33. The van der Waals surface area contributed by atoms with Crippen molar-refractivity contribution in [2.45, 2.75) is 19.4 Å². The van der Waals surface area contributed by atoms with E-state index in [2.05, 4.69) is 10.3 Å². The molecule has 0 aromatic carbocycles. The van der Waals surface area contributed by atoms with Crippen LogP contribution >= 0.6 is 0 Å². The molecule has 0 amide bonds. The molecule has 0 unspecified atom stereocenters. The van der Waals surface area contributed by atoms with Crippen molar-refractivity contribution < 1.29 is 8.42 Å². The molecule has 1 saturated heterocycles. The summed E-state index contributed by atoms with van der Waals surface area (Å²) in [7, 11) is 0.157. The number of pyridine rings is 1. The van der Waals surface area contributed by atoms with E-state index in [1.165, 1.54) is 4.31 Å². The summed E-state index contributed by atoms with van der Waals surface area (Å²) < 4.78 is 28.1. The number of nitrogens with zero attached hydrogens (tertiary/aromatic N) is 3. The summed E-state index contributed by atoms with van der Waals surface area (Å²) >= 11 is 0.